The predicted molar refractivity (Wildman–Crippen MR) is 139 cm³/mol. The number of aromatic nitrogens is 1. The second-order valence-electron chi connectivity index (χ2n) is 6.92. The van der Waals surface area contributed by atoms with Crippen LogP contribution in [0.1, 0.15) is 13.3 Å². The Balaban J connectivity index is 1.69. The number of carbonyl (C=O) groups is 1. The Labute approximate surface area is 195 Å². The van der Waals surface area contributed by atoms with Crippen molar-refractivity contribution in [1.29, 1.82) is 0 Å². The number of esters is 1. The van der Waals surface area contributed by atoms with Crippen molar-refractivity contribution in [2.75, 3.05) is 24.8 Å². The van der Waals surface area contributed by atoms with E-state index < -0.39 is 7.12 Å². The summed E-state index contributed by atoms with van der Waals surface area (Å²) in [5.41, 5.74) is 10.9. The molecule has 0 amide bonds. The average Bonchev–Trinajstić information content (AvgIpc) is 3.42. The van der Waals surface area contributed by atoms with E-state index >= 15 is 0 Å². The van der Waals surface area contributed by atoms with Gasteiger partial charge in [-0.1, -0.05) is 36.4 Å². The number of nitrogen functional groups attached to an aromatic ring is 1. The van der Waals surface area contributed by atoms with Gasteiger partial charge in [0.1, 0.15) is 4.83 Å². The van der Waals surface area contributed by atoms with Crippen molar-refractivity contribution in [3.05, 3.63) is 53.9 Å². The first-order valence-electron chi connectivity index (χ1n) is 9.87. The normalized spacial score (nSPS) is 12.2. The molecule has 4 aromatic rings. The van der Waals surface area contributed by atoms with Gasteiger partial charge in [0, 0.05) is 18.1 Å². The number of pyridine rings is 1. The third-order valence-electron chi connectivity index (χ3n) is 4.70. The lowest BCUT2D eigenvalue weighted by molar-refractivity contribution is -0.140. The molecule has 2 N–H and O–H groups in total. The van der Waals surface area contributed by atoms with E-state index in [0.29, 0.717) is 6.61 Å². The zero-order valence-electron chi connectivity index (χ0n) is 17.3. The molecule has 0 aliphatic heterocycles. The summed E-state index contributed by atoms with van der Waals surface area (Å²) in [7, 11) is -0.479. The molecule has 0 saturated carbocycles. The number of rotatable bonds is 8. The lowest BCUT2D eigenvalue weighted by atomic mass is 10.0. The van der Waals surface area contributed by atoms with Crippen LogP contribution in [0.25, 0.3) is 31.9 Å². The van der Waals surface area contributed by atoms with Crippen LogP contribution in [0.5, 0.6) is 0 Å². The van der Waals surface area contributed by atoms with Gasteiger partial charge in [0.25, 0.3) is 0 Å². The molecule has 8 heteroatoms. The van der Waals surface area contributed by atoms with Crippen LogP contribution in [0.3, 0.4) is 0 Å². The monoisotopic (exact) mass is 486 g/mol. The molecule has 1 unspecified atom stereocenters. The maximum Gasteiger partial charge on any atom is 0.302 e. The molecule has 31 heavy (non-hydrogen) atoms. The van der Waals surface area contributed by atoms with Crippen LogP contribution in [0, 0.1) is 0 Å². The van der Waals surface area contributed by atoms with Crippen LogP contribution < -0.4 is 10.4 Å². The van der Waals surface area contributed by atoms with Gasteiger partial charge < -0.3 is 10.5 Å². The second-order valence-corrected chi connectivity index (χ2v) is 13.7. The maximum absolute atomic E-state index is 10.9. The van der Waals surface area contributed by atoms with Gasteiger partial charge in [0.2, 0.25) is 0 Å². The molecule has 0 bridgehead atoms. The van der Waals surface area contributed by atoms with Crippen molar-refractivity contribution in [2.45, 2.75) is 13.3 Å². The van der Waals surface area contributed by atoms with Crippen LogP contribution in [-0.2, 0) is 9.53 Å². The predicted octanol–water partition coefficient (Wildman–Crippen LogP) is 6.61. The minimum Gasteiger partial charge on any atom is -0.466 e. The number of anilines is 1. The van der Waals surface area contributed by atoms with E-state index in [1.165, 1.54) is 11.5 Å². The number of fused-ring (bicyclic) bond motifs is 1. The molecule has 0 saturated heterocycles. The highest BCUT2D eigenvalue weighted by molar-refractivity contribution is 8.58. The van der Waals surface area contributed by atoms with Gasteiger partial charge in [-0.25, -0.2) is 4.98 Å². The fraction of sp³-hybridized carbons (Fsp3) is 0.217. The van der Waals surface area contributed by atoms with E-state index in [1.54, 1.807) is 22.7 Å². The van der Waals surface area contributed by atoms with Gasteiger partial charge in [-0.2, -0.15) is 0 Å². The SMILES string of the molecule is CC(=O)OCCCSP(C)c1sc2nc(-c3cccs3)cc(-c3ccccc3)c2c1N. The van der Waals surface area contributed by atoms with Crippen molar-refractivity contribution in [3.63, 3.8) is 0 Å². The molecule has 0 radical (unpaired) electrons. The minimum atomic E-state index is -0.479. The Morgan fingerprint density at radius 1 is 1.23 bits per heavy atom. The molecular formula is C23H23N2O2PS3. The summed E-state index contributed by atoms with van der Waals surface area (Å²) in [6.45, 7) is 4.16. The van der Waals surface area contributed by atoms with Crippen molar-refractivity contribution < 1.29 is 9.53 Å². The number of thiophene rings is 2. The van der Waals surface area contributed by atoms with Gasteiger partial charge in [-0.15, -0.1) is 34.1 Å². The highest BCUT2D eigenvalue weighted by Gasteiger charge is 2.21. The van der Waals surface area contributed by atoms with Crippen LogP contribution in [-0.4, -0.2) is 30.0 Å². The summed E-state index contributed by atoms with van der Waals surface area (Å²) in [5, 5.41) is 3.14. The van der Waals surface area contributed by atoms with Crippen LogP contribution >= 0.6 is 41.2 Å². The zero-order valence-corrected chi connectivity index (χ0v) is 20.7. The first-order valence-corrected chi connectivity index (χ1v) is 14.9. The maximum atomic E-state index is 10.9. The van der Waals surface area contributed by atoms with E-state index in [1.807, 2.05) is 17.4 Å². The number of hydrogen-bond acceptors (Lipinski definition) is 7. The summed E-state index contributed by atoms with van der Waals surface area (Å²) in [4.78, 5) is 18.1. The Morgan fingerprint density at radius 2 is 2.03 bits per heavy atom. The van der Waals surface area contributed by atoms with E-state index in [4.69, 9.17) is 15.5 Å². The molecule has 0 aliphatic rings. The van der Waals surface area contributed by atoms with Crippen molar-refractivity contribution in [3.8, 4) is 21.7 Å². The fourth-order valence-electron chi connectivity index (χ4n) is 3.27. The van der Waals surface area contributed by atoms with E-state index in [9.17, 15) is 4.79 Å². The number of ether oxygens (including phenoxy) is 1. The largest absolute Gasteiger partial charge is 0.466 e. The molecule has 4 nitrogen and oxygen atoms in total. The number of hydrogen-bond donors (Lipinski definition) is 1. The number of carbonyl (C=O) groups excluding carboxylic acids is 1. The molecule has 1 aromatic carbocycles. The molecule has 3 heterocycles. The molecule has 0 aliphatic carbocycles. The number of nitrogens with zero attached hydrogens (tertiary/aromatic N) is 1. The smallest absolute Gasteiger partial charge is 0.302 e. The standard InChI is InChI=1S/C23H23N2O2PS3/c1-15(26)27-11-7-13-30-28(2)23-21(24)20-17(16-8-4-3-5-9-16)14-18(25-22(20)31-23)19-10-6-12-29-19/h3-6,8-10,12,14H,7,11,13,24H2,1-2H3. The molecule has 1 atom stereocenters. The highest BCUT2D eigenvalue weighted by atomic mass is 32.7. The van der Waals surface area contributed by atoms with Crippen molar-refractivity contribution in [1.82, 2.24) is 4.98 Å². The summed E-state index contributed by atoms with van der Waals surface area (Å²) < 4.78 is 6.26. The molecule has 160 valence electrons. The quantitative estimate of drug-likeness (QED) is 0.172. The van der Waals surface area contributed by atoms with Gasteiger partial charge in [-0.05, 0) is 48.8 Å². The topological polar surface area (TPSA) is 65.2 Å². The first kappa shape index (κ1) is 22.3. The van der Waals surface area contributed by atoms with Crippen LogP contribution in [0.4, 0.5) is 5.69 Å². The number of benzene rings is 1. The molecule has 0 spiro atoms. The third kappa shape index (κ3) is 5.12. The highest BCUT2D eigenvalue weighted by Crippen LogP contribution is 2.51. The van der Waals surface area contributed by atoms with Gasteiger partial charge in [0.15, 0.2) is 0 Å². The lowest BCUT2D eigenvalue weighted by Crippen LogP contribution is -2.03. The van der Waals surface area contributed by atoms with E-state index in [2.05, 4.69) is 54.5 Å². The van der Waals surface area contributed by atoms with Gasteiger partial charge >= 0.3 is 5.97 Å². The Bertz CT molecular complexity index is 1180. The summed E-state index contributed by atoms with van der Waals surface area (Å²) in [6.07, 6.45) is 0.845. The zero-order chi connectivity index (χ0) is 21.8. The third-order valence-corrected chi connectivity index (χ3v) is 11.9. The summed E-state index contributed by atoms with van der Waals surface area (Å²) in [6, 6.07) is 16.7. The molecule has 3 aromatic heterocycles. The number of nitrogens with two attached hydrogens (primary N) is 1. The van der Waals surface area contributed by atoms with E-state index in [0.717, 1.165) is 49.8 Å². The van der Waals surface area contributed by atoms with E-state index in [-0.39, 0.29) is 5.97 Å². The minimum absolute atomic E-state index is 0.224. The van der Waals surface area contributed by atoms with Crippen molar-refractivity contribution >= 4 is 67.7 Å². The second kappa shape index (κ2) is 10.1. The lowest BCUT2D eigenvalue weighted by Gasteiger charge is -2.11. The van der Waals surface area contributed by atoms with Crippen LogP contribution in [0.2, 0.25) is 0 Å². The molecule has 0 fully saturated rings. The Morgan fingerprint density at radius 3 is 2.74 bits per heavy atom. The first-order chi connectivity index (χ1) is 15.0. The van der Waals surface area contributed by atoms with Gasteiger partial charge in [-0.3, -0.25) is 4.79 Å². The summed E-state index contributed by atoms with van der Waals surface area (Å²) in [5.74, 6) is 0.710. The van der Waals surface area contributed by atoms with Crippen LogP contribution in [0.15, 0.2) is 53.9 Å². The molecule has 4 rings (SSSR count). The Kier molecular flexibility index (Phi) is 7.28. The van der Waals surface area contributed by atoms with Crippen molar-refractivity contribution in [2.24, 2.45) is 0 Å². The summed E-state index contributed by atoms with van der Waals surface area (Å²) >= 11 is 5.30. The fourth-order valence-corrected chi connectivity index (χ4v) is 9.35. The Hall–Kier alpha value is -1.92. The van der Waals surface area contributed by atoms with Gasteiger partial charge in [0.05, 0.1) is 27.5 Å². The molecular weight excluding hydrogens is 463 g/mol. The average molecular weight is 487 g/mol.